The summed E-state index contributed by atoms with van der Waals surface area (Å²) in [5.41, 5.74) is 3.27. The molecule has 1 aliphatic carbocycles. The Morgan fingerprint density at radius 1 is 1.09 bits per heavy atom. The first kappa shape index (κ1) is 24.1. The Bertz CT molecular complexity index is 969. The molecule has 5 nitrogen and oxygen atoms in total. The number of rotatable bonds is 8. The second-order valence-electron chi connectivity index (χ2n) is 9.25. The van der Waals surface area contributed by atoms with Gasteiger partial charge in [-0.1, -0.05) is 44.0 Å². The van der Waals surface area contributed by atoms with Crippen LogP contribution in [0.4, 0.5) is 11.4 Å². The van der Waals surface area contributed by atoms with Crippen LogP contribution in [0.2, 0.25) is 5.02 Å². The number of nitrogens with one attached hydrogen (secondary N) is 1. The van der Waals surface area contributed by atoms with Crippen molar-refractivity contribution in [1.29, 1.82) is 0 Å². The molecule has 6 heteroatoms. The molecule has 2 amide bonds. The molecule has 1 atom stereocenters. The fraction of sp³-hybridized carbons (Fsp3) is 0.462. The predicted octanol–water partition coefficient (Wildman–Crippen LogP) is 5.83. The second-order valence-corrected chi connectivity index (χ2v) is 9.66. The third-order valence-electron chi connectivity index (χ3n) is 6.47. The van der Waals surface area contributed by atoms with E-state index in [1.807, 2.05) is 54.2 Å². The molecule has 2 aromatic carbocycles. The second kappa shape index (κ2) is 10.4. The van der Waals surface area contributed by atoms with Gasteiger partial charge in [0.15, 0.2) is 0 Å². The quantitative estimate of drug-likeness (QED) is 0.544. The summed E-state index contributed by atoms with van der Waals surface area (Å²) >= 11 is 6.36. The Kier molecular flexibility index (Phi) is 7.83. The maximum Gasteiger partial charge on any atom is 0.255 e. The lowest BCUT2D eigenvalue weighted by atomic mass is 9.85. The molecule has 0 radical (unpaired) electrons. The van der Waals surface area contributed by atoms with E-state index in [1.165, 1.54) is 0 Å². The summed E-state index contributed by atoms with van der Waals surface area (Å²) in [7, 11) is 3.97. The van der Waals surface area contributed by atoms with Gasteiger partial charge in [-0.25, -0.2) is 0 Å². The summed E-state index contributed by atoms with van der Waals surface area (Å²) in [4.78, 5) is 29.9. The monoisotopic (exact) mass is 455 g/mol. The van der Waals surface area contributed by atoms with Crippen molar-refractivity contribution >= 4 is 34.8 Å². The fourth-order valence-electron chi connectivity index (χ4n) is 3.87. The summed E-state index contributed by atoms with van der Waals surface area (Å²) in [6, 6.07) is 13.1. The van der Waals surface area contributed by atoms with Crippen LogP contribution in [0.5, 0.6) is 0 Å². The van der Waals surface area contributed by atoms with Gasteiger partial charge in [-0.15, -0.1) is 0 Å². The van der Waals surface area contributed by atoms with E-state index in [0.717, 1.165) is 36.2 Å². The number of carbonyl (C=O) groups is 2. The summed E-state index contributed by atoms with van der Waals surface area (Å²) in [5.74, 6) is 0.377. The lowest BCUT2D eigenvalue weighted by molar-refractivity contribution is -0.122. The number of benzene rings is 2. The molecule has 172 valence electrons. The van der Waals surface area contributed by atoms with E-state index in [9.17, 15) is 9.59 Å². The molecule has 1 N–H and O–H groups in total. The van der Waals surface area contributed by atoms with E-state index in [4.69, 9.17) is 11.6 Å². The minimum Gasteiger partial charge on any atom is -0.377 e. The Labute approximate surface area is 196 Å². The normalized spacial score (nSPS) is 14.6. The van der Waals surface area contributed by atoms with Gasteiger partial charge in [-0.05, 0) is 61.6 Å². The molecule has 32 heavy (non-hydrogen) atoms. The molecule has 0 unspecified atom stereocenters. The largest absolute Gasteiger partial charge is 0.377 e. The molecule has 1 fully saturated rings. The van der Waals surface area contributed by atoms with Gasteiger partial charge in [0.2, 0.25) is 5.91 Å². The maximum atomic E-state index is 13.6. The number of amides is 2. The Morgan fingerprint density at radius 3 is 2.34 bits per heavy atom. The van der Waals surface area contributed by atoms with Gasteiger partial charge in [-0.3, -0.25) is 9.59 Å². The standard InChI is InChI=1S/C26H34ClN3O2/c1-17(2)18(3)30(26(32)22-11-6-7-12-23(22)27)16-20-15-21(13-14-24(20)29(4)5)28-25(31)19-9-8-10-19/h6-7,11-15,17-19H,8-10,16H2,1-5H3,(H,28,31)/t18-/m1/s1. The van der Waals surface area contributed by atoms with E-state index < -0.39 is 0 Å². The van der Waals surface area contributed by atoms with Crippen LogP contribution in [0.1, 0.15) is 56.0 Å². The average Bonchev–Trinajstić information content (AvgIpc) is 2.70. The zero-order valence-corrected chi connectivity index (χ0v) is 20.4. The van der Waals surface area contributed by atoms with Crippen LogP contribution in [0, 0.1) is 11.8 Å². The fourth-order valence-corrected chi connectivity index (χ4v) is 4.09. The van der Waals surface area contributed by atoms with Crippen molar-refractivity contribution in [2.45, 2.75) is 52.6 Å². The summed E-state index contributed by atoms with van der Waals surface area (Å²) < 4.78 is 0. The summed E-state index contributed by atoms with van der Waals surface area (Å²) in [6.07, 6.45) is 3.04. The minimum absolute atomic E-state index is 0.00186. The van der Waals surface area contributed by atoms with Crippen molar-refractivity contribution in [3.8, 4) is 0 Å². The highest BCUT2D eigenvalue weighted by molar-refractivity contribution is 6.33. The highest BCUT2D eigenvalue weighted by atomic mass is 35.5. The van der Waals surface area contributed by atoms with E-state index in [-0.39, 0.29) is 29.7 Å². The van der Waals surface area contributed by atoms with Crippen molar-refractivity contribution in [2.75, 3.05) is 24.3 Å². The smallest absolute Gasteiger partial charge is 0.255 e. The van der Waals surface area contributed by atoms with Gasteiger partial charge >= 0.3 is 0 Å². The topological polar surface area (TPSA) is 52.7 Å². The molecular formula is C26H34ClN3O2. The number of halogens is 1. The van der Waals surface area contributed by atoms with Crippen LogP contribution in [0.15, 0.2) is 42.5 Å². The van der Waals surface area contributed by atoms with Crippen molar-refractivity contribution in [2.24, 2.45) is 11.8 Å². The first-order chi connectivity index (χ1) is 15.2. The van der Waals surface area contributed by atoms with E-state index in [1.54, 1.807) is 12.1 Å². The van der Waals surface area contributed by atoms with Gasteiger partial charge < -0.3 is 15.1 Å². The minimum atomic E-state index is -0.0922. The van der Waals surface area contributed by atoms with E-state index in [0.29, 0.717) is 17.1 Å². The molecule has 0 aromatic heterocycles. The Hall–Kier alpha value is -2.53. The van der Waals surface area contributed by atoms with Crippen LogP contribution < -0.4 is 10.2 Å². The van der Waals surface area contributed by atoms with E-state index >= 15 is 0 Å². The maximum absolute atomic E-state index is 13.6. The predicted molar refractivity (Wildman–Crippen MR) is 132 cm³/mol. The zero-order chi connectivity index (χ0) is 23.4. The molecule has 0 heterocycles. The van der Waals surface area contributed by atoms with Gasteiger partial charge in [0.05, 0.1) is 10.6 Å². The van der Waals surface area contributed by atoms with Crippen LogP contribution >= 0.6 is 11.6 Å². The van der Waals surface area contributed by atoms with Crippen molar-refractivity contribution < 1.29 is 9.59 Å². The lowest BCUT2D eigenvalue weighted by Gasteiger charge is -2.34. The number of anilines is 2. The molecule has 0 aliphatic heterocycles. The molecule has 3 rings (SSSR count). The first-order valence-corrected chi connectivity index (χ1v) is 11.7. The highest BCUT2D eigenvalue weighted by Gasteiger charge is 2.28. The Balaban J connectivity index is 1.94. The van der Waals surface area contributed by atoms with Gasteiger partial charge in [0, 0.05) is 44.0 Å². The zero-order valence-electron chi connectivity index (χ0n) is 19.7. The molecule has 1 saturated carbocycles. The summed E-state index contributed by atoms with van der Waals surface area (Å²) in [5, 5.41) is 3.52. The van der Waals surface area contributed by atoms with Gasteiger partial charge in [0.1, 0.15) is 0 Å². The van der Waals surface area contributed by atoms with Gasteiger partial charge in [-0.2, -0.15) is 0 Å². The highest BCUT2D eigenvalue weighted by Crippen LogP contribution is 2.30. The van der Waals surface area contributed by atoms with E-state index in [2.05, 4.69) is 26.1 Å². The number of nitrogens with zero attached hydrogens (tertiary/aromatic N) is 2. The van der Waals surface area contributed by atoms with Crippen LogP contribution in [0.3, 0.4) is 0 Å². The third-order valence-corrected chi connectivity index (χ3v) is 6.80. The lowest BCUT2D eigenvalue weighted by Crippen LogP contribution is -2.41. The third kappa shape index (κ3) is 5.44. The molecule has 0 saturated heterocycles. The number of hydrogen-bond acceptors (Lipinski definition) is 3. The molecule has 0 spiro atoms. The molecule has 2 aromatic rings. The molecule has 1 aliphatic rings. The van der Waals surface area contributed by atoms with Crippen LogP contribution in [-0.4, -0.2) is 36.9 Å². The van der Waals surface area contributed by atoms with Crippen molar-refractivity contribution in [1.82, 2.24) is 4.90 Å². The SMILES string of the molecule is CC(C)[C@@H](C)N(Cc1cc(NC(=O)C2CCC2)ccc1N(C)C)C(=O)c1ccccc1Cl. The molecular weight excluding hydrogens is 422 g/mol. The van der Waals surface area contributed by atoms with Crippen LogP contribution in [0.25, 0.3) is 0 Å². The number of carbonyl (C=O) groups excluding carboxylic acids is 2. The Morgan fingerprint density at radius 2 is 1.78 bits per heavy atom. The first-order valence-electron chi connectivity index (χ1n) is 11.4. The van der Waals surface area contributed by atoms with Crippen molar-refractivity contribution in [3.63, 3.8) is 0 Å². The summed E-state index contributed by atoms with van der Waals surface area (Å²) in [6.45, 7) is 6.71. The average molecular weight is 456 g/mol. The molecule has 0 bridgehead atoms. The number of hydrogen-bond donors (Lipinski definition) is 1. The van der Waals surface area contributed by atoms with Gasteiger partial charge in [0.25, 0.3) is 5.91 Å². The van der Waals surface area contributed by atoms with Crippen molar-refractivity contribution in [3.05, 3.63) is 58.6 Å². The van der Waals surface area contributed by atoms with Crippen LogP contribution in [-0.2, 0) is 11.3 Å².